The molecule has 0 aliphatic carbocycles. The number of amides is 1. The Morgan fingerprint density at radius 1 is 1.20 bits per heavy atom. The third-order valence-electron chi connectivity index (χ3n) is 5.90. The van der Waals surface area contributed by atoms with Gasteiger partial charge in [0.15, 0.2) is 0 Å². The number of likely N-dealkylation sites (tertiary alicyclic amines) is 1. The van der Waals surface area contributed by atoms with Gasteiger partial charge in [-0.1, -0.05) is 28.1 Å². The van der Waals surface area contributed by atoms with Crippen LogP contribution in [0.2, 0.25) is 0 Å². The number of hydrogen-bond donors (Lipinski definition) is 0. The van der Waals surface area contributed by atoms with E-state index in [1.165, 1.54) is 0 Å². The zero-order chi connectivity index (χ0) is 21.4. The lowest BCUT2D eigenvalue weighted by Crippen LogP contribution is -2.31. The van der Waals surface area contributed by atoms with Crippen LogP contribution in [-0.4, -0.2) is 40.3 Å². The molecule has 1 aromatic heterocycles. The summed E-state index contributed by atoms with van der Waals surface area (Å²) in [4.78, 5) is 14.7. The summed E-state index contributed by atoms with van der Waals surface area (Å²) in [6, 6.07) is 11.9. The third kappa shape index (κ3) is 4.03. The Kier molecular flexibility index (Phi) is 5.73. The van der Waals surface area contributed by atoms with E-state index in [9.17, 15) is 4.79 Å². The van der Waals surface area contributed by atoms with Crippen molar-refractivity contribution in [3.05, 3.63) is 52.6 Å². The molecule has 158 valence electrons. The number of ether oxygens (including phenoxy) is 2. The first-order valence-corrected chi connectivity index (χ1v) is 10.9. The van der Waals surface area contributed by atoms with Gasteiger partial charge in [0.1, 0.15) is 17.6 Å². The number of aryl methyl sites for hydroxylation is 1. The predicted octanol–water partition coefficient (Wildman–Crippen LogP) is 4.72. The number of carbonyl (C=O) groups excluding carboxylic acids is 1. The molecule has 0 spiro atoms. The molecule has 6 nitrogen and oxygen atoms in total. The van der Waals surface area contributed by atoms with Crippen LogP contribution in [0, 0.1) is 5.92 Å². The Morgan fingerprint density at radius 2 is 1.93 bits per heavy atom. The van der Waals surface area contributed by atoms with E-state index in [-0.39, 0.29) is 24.0 Å². The number of carbonyl (C=O) groups is 1. The monoisotopic (exact) mass is 471 g/mol. The zero-order valence-corrected chi connectivity index (χ0v) is 19.2. The van der Waals surface area contributed by atoms with Crippen LogP contribution < -0.4 is 9.47 Å². The van der Waals surface area contributed by atoms with Gasteiger partial charge in [0, 0.05) is 36.6 Å². The molecule has 4 rings (SSSR count). The van der Waals surface area contributed by atoms with Crippen molar-refractivity contribution >= 4 is 32.7 Å². The standard InChI is InChI=1S/C23H26BrN3O3/c1-14(16-5-7-19(29-4)8-6-16)27-12-17(9-23(27)28)15(2)30-22-11-18(24)10-21-20(22)13-26(3)25-21/h5-8,10-11,13-15,17H,9,12H2,1-4H3/t14-,15+,17+/m0/s1. The molecule has 1 amide bonds. The molecule has 1 aliphatic heterocycles. The van der Waals surface area contributed by atoms with Gasteiger partial charge in [0.25, 0.3) is 0 Å². The summed E-state index contributed by atoms with van der Waals surface area (Å²) in [6.45, 7) is 4.79. The molecule has 7 heteroatoms. The minimum atomic E-state index is -0.0975. The maximum Gasteiger partial charge on any atom is 0.223 e. The quantitative estimate of drug-likeness (QED) is 0.521. The number of nitrogens with zero attached hydrogens (tertiary/aromatic N) is 3. The van der Waals surface area contributed by atoms with Crippen LogP contribution in [0.15, 0.2) is 47.1 Å². The molecule has 0 radical (unpaired) electrons. The molecule has 0 saturated carbocycles. The summed E-state index contributed by atoms with van der Waals surface area (Å²) < 4.78 is 14.3. The fourth-order valence-corrected chi connectivity index (χ4v) is 4.51. The molecule has 3 atom stereocenters. The van der Waals surface area contributed by atoms with Crippen molar-refractivity contribution in [1.82, 2.24) is 14.7 Å². The Balaban J connectivity index is 1.48. The van der Waals surface area contributed by atoms with E-state index in [1.54, 1.807) is 11.8 Å². The van der Waals surface area contributed by atoms with Crippen molar-refractivity contribution in [3.63, 3.8) is 0 Å². The Labute approximate surface area is 184 Å². The molecule has 0 bridgehead atoms. The van der Waals surface area contributed by atoms with Gasteiger partial charge >= 0.3 is 0 Å². The topological polar surface area (TPSA) is 56.6 Å². The maximum absolute atomic E-state index is 12.8. The molecule has 0 unspecified atom stereocenters. The summed E-state index contributed by atoms with van der Waals surface area (Å²) in [5, 5.41) is 5.44. The van der Waals surface area contributed by atoms with Crippen LogP contribution in [-0.2, 0) is 11.8 Å². The van der Waals surface area contributed by atoms with E-state index in [0.29, 0.717) is 13.0 Å². The second kappa shape index (κ2) is 8.30. The molecule has 1 aliphatic rings. The molecule has 0 N–H and O–H groups in total. The van der Waals surface area contributed by atoms with Gasteiger partial charge in [-0.05, 0) is 43.7 Å². The smallest absolute Gasteiger partial charge is 0.223 e. The normalized spacial score (nSPS) is 18.6. The first-order chi connectivity index (χ1) is 14.4. The molecule has 1 saturated heterocycles. The van der Waals surface area contributed by atoms with Crippen LogP contribution in [0.4, 0.5) is 0 Å². The molecular weight excluding hydrogens is 446 g/mol. The van der Waals surface area contributed by atoms with Gasteiger partial charge in [0.05, 0.1) is 24.1 Å². The second-order valence-electron chi connectivity index (χ2n) is 7.92. The van der Waals surface area contributed by atoms with E-state index in [4.69, 9.17) is 9.47 Å². The average molecular weight is 472 g/mol. The Hall–Kier alpha value is -2.54. The Morgan fingerprint density at radius 3 is 2.63 bits per heavy atom. The van der Waals surface area contributed by atoms with Crippen molar-refractivity contribution in [3.8, 4) is 11.5 Å². The molecule has 3 aromatic rings. The van der Waals surface area contributed by atoms with Gasteiger partial charge in [-0.15, -0.1) is 0 Å². The minimum Gasteiger partial charge on any atom is -0.497 e. The highest BCUT2D eigenvalue weighted by Gasteiger charge is 2.37. The minimum absolute atomic E-state index is 0.0107. The Bertz CT molecular complexity index is 1060. The lowest BCUT2D eigenvalue weighted by molar-refractivity contribution is -0.129. The zero-order valence-electron chi connectivity index (χ0n) is 17.6. The van der Waals surface area contributed by atoms with Gasteiger partial charge in [-0.2, -0.15) is 5.10 Å². The van der Waals surface area contributed by atoms with E-state index in [1.807, 2.05) is 61.5 Å². The number of hydrogen-bond acceptors (Lipinski definition) is 4. The van der Waals surface area contributed by atoms with Gasteiger partial charge < -0.3 is 14.4 Å². The lowest BCUT2D eigenvalue weighted by Gasteiger charge is -2.27. The predicted molar refractivity (Wildman–Crippen MR) is 120 cm³/mol. The largest absolute Gasteiger partial charge is 0.497 e. The second-order valence-corrected chi connectivity index (χ2v) is 8.84. The van der Waals surface area contributed by atoms with Crippen LogP contribution in [0.3, 0.4) is 0 Å². The highest BCUT2D eigenvalue weighted by molar-refractivity contribution is 9.10. The van der Waals surface area contributed by atoms with Crippen LogP contribution in [0.5, 0.6) is 11.5 Å². The third-order valence-corrected chi connectivity index (χ3v) is 6.36. The van der Waals surface area contributed by atoms with Crippen molar-refractivity contribution in [2.45, 2.75) is 32.4 Å². The summed E-state index contributed by atoms with van der Waals surface area (Å²) in [7, 11) is 3.55. The van der Waals surface area contributed by atoms with E-state index >= 15 is 0 Å². The van der Waals surface area contributed by atoms with Gasteiger partial charge in [0.2, 0.25) is 5.91 Å². The maximum atomic E-state index is 12.8. The van der Waals surface area contributed by atoms with Crippen molar-refractivity contribution < 1.29 is 14.3 Å². The molecule has 2 heterocycles. The fraction of sp³-hybridized carbons (Fsp3) is 0.391. The van der Waals surface area contributed by atoms with Crippen LogP contribution >= 0.6 is 15.9 Å². The first-order valence-electron chi connectivity index (χ1n) is 10.1. The highest BCUT2D eigenvalue weighted by atomic mass is 79.9. The van der Waals surface area contributed by atoms with Gasteiger partial charge in [-0.25, -0.2) is 0 Å². The van der Waals surface area contributed by atoms with Crippen molar-refractivity contribution in [2.75, 3.05) is 13.7 Å². The number of methoxy groups -OCH3 is 1. The molecule has 2 aromatic carbocycles. The number of fused-ring (bicyclic) bond motifs is 1. The number of rotatable bonds is 6. The van der Waals surface area contributed by atoms with Gasteiger partial charge in [-0.3, -0.25) is 9.48 Å². The van der Waals surface area contributed by atoms with Crippen molar-refractivity contribution in [2.24, 2.45) is 13.0 Å². The molecular formula is C23H26BrN3O3. The van der Waals surface area contributed by atoms with Crippen molar-refractivity contribution in [1.29, 1.82) is 0 Å². The number of halogens is 1. The molecule has 1 fully saturated rings. The first kappa shape index (κ1) is 20.7. The van der Waals surface area contributed by atoms with Crippen LogP contribution in [0.1, 0.15) is 31.9 Å². The number of aromatic nitrogens is 2. The van der Waals surface area contributed by atoms with Crippen LogP contribution in [0.25, 0.3) is 10.9 Å². The SMILES string of the molecule is COc1ccc([C@H](C)N2C[C@H]([C@@H](C)Oc3cc(Br)cc4nn(C)cc34)CC2=O)cc1. The molecule has 30 heavy (non-hydrogen) atoms. The summed E-state index contributed by atoms with van der Waals surface area (Å²) in [5.74, 6) is 1.90. The lowest BCUT2D eigenvalue weighted by atomic mass is 10.0. The fourth-order valence-electron chi connectivity index (χ4n) is 4.08. The van der Waals surface area contributed by atoms with E-state index < -0.39 is 0 Å². The number of benzene rings is 2. The average Bonchev–Trinajstić information content (AvgIpc) is 3.29. The summed E-state index contributed by atoms with van der Waals surface area (Å²) >= 11 is 3.54. The van der Waals surface area contributed by atoms with E-state index in [2.05, 4.69) is 28.0 Å². The highest BCUT2D eigenvalue weighted by Crippen LogP contribution is 2.34. The summed E-state index contributed by atoms with van der Waals surface area (Å²) in [6.07, 6.45) is 2.35. The summed E-state index contributed by atoms with van der Waals surface area (Å²) in [5.41, 5.74) is 1.98. The van der Waals surface area contributed by atoms with E-state index in [0.717, 1.165) is 32.4 Å².